The summed E-state index contributed by atoms with van der Waals surface area (Å²) in [5, 5.41) is 0.811. The van der Waals surface area contributed by atoms with Crippen LogP contribution in [0.15, 0.2) is 59.8 Å². The molecule has 0 saturated carbocycles. The normalized spacial score (nSPS) is 11.8. The van der Waals surface area contributed by atoms with Gasteiger partial charge in [0.2, 0.25) is 0 Å². The first-order valence-electron chi connectivity index (χ1n) is 5.52. The number of benzene rings is 1. The number of hydrogen-bond acceptors (Lipinski definition) is 3. The molecule has 0 radical (unpaired) electrons. The first-order valence-corrected chi connectivity index (χ1v) is 8.04. The predicted molar refractivity (Wildman–Crippen MR) is 81.5 cm³/mol. The summed E-state index contributed by atoms with van der Waals surface area (Å²) in [4.78, 5) is 4.29. The van der Waals surface area contributed by atoms with E-state index in [4.69, 9.17) is 0 Å². The second-order valence-electron chi connectivity index (χ2n) is 3.98. The molecule has 0 saturated heterocycles. The van der Waals surface area contributed by atoms with E-state index in [1.807, 2.05) is 28.7 Å². The molecular weight excluding hydrogens is 375 g/mol. The fourth-order valence-electron chi connectivity index (χ4n) is 1.94. The molecule has 0 fully saturated rings. The first kappa shape index (κ1) is 12.6. The third-order valence-corrected chi connectivity index (χ3v) is 5.66. The Morgan fingerprint density at radius 3 is 2.58 bits per heavy atom. The number of nitrogens with zero attached hydrogens (tertiary/aromatic N) is 2. The summed E-state index contributed by atoms with van der Waals surface area (Å²) in [5.74, 6) is 0. The molecule has 3 rings (SSSR count). The van der Waals surface area contributed by atoms with Crippen molar-refractivity contribution in [2.24, 2.45) is 0 Å². The van der Waals surface area contributed by atoms with E-state index in [1.54, 1.807) is 48.8 Å². The molecule has 0 bridgehead atoms. The largest absolute Gasteiger partial charge is 0.269 e. The van der Waals surface area contributed by atoms with Crippen molar-refractivity contribution in [1.82, 2.24) is 8.96 Å². The lowest BCUT2D eigenvalue weighted by Crippen LogP contribution is -2.14. The number of rotatable bonds is 2. The zero-order chi connectivity index (χ0) is 13.5. The van der Waals surface area contributed by atoms with Crippen LogP contribution in [0.5, 0.6) is 0 Å². The van der Waals surface area contributed by atoms with Crippen molar-refractivity contribution in [3.8, 4) is 0 Å². The molecule has 4 nitrogen and oxygen atoms in total. The molecule has 3 aromatic rings. The molecule has 2 aromatic heterocycles. The van der Waals surface area contributed by atoms with Crippen LogP contribution in [0.25, 0.3) is 10.9 Å². The number of fused-ring (bicyclic) bond motifs is 1. The summed E-state index contributed by atoms with van der Waals surface area (Å²) in [5.41, 5.74) is 0.642. The Morgan fingerprint density at radius 1 is 1.11 bits per heavy atom. The number of hydrogen-bond donors (Lipinski definition) is 0. The zero-order valence-corrected chi connectivity index (χ0v) is 12.7. The van der Waals surface area contributed by atoms with Crippen LogP contribution in [0.2, 0.25) is 0 Å². The summed E-state index contributed by atoms with van der Waals surface area (Å²) >= 11 is 2.02. The van der Waals surface area contributed by atoms with Crippen molar-refractivity contribution < 1.29 is 8.42 Å². The van der Waals surface area contributed by atoms with Crippen LogP contribution in [-0.2, 0) is 10.0 Å². The second kappa shape index (κ2) is 4.61. The highest BCUT2D eigenvalue weighted by molar-refractivity contribution is 14.1. The molecule has 0 atom stereocenters. The topological polar surface area (TPSA) is 52.0 Å². The van der Waals surface area contributed by atoms with Gasteiger partial charge in [0.25, 0.3) is 10.0 Å². The standard InChI is InChI=1S/C13H9IN2O2S/c14-13-8-10-9-15-7-6-12(10)16(13)19(17,18)11-4-2-1-3-5-11/h1-9H. The van der Waals surface area contributed by atoms with Gasteiger partial charge in [-0.1, -0.05) is 18.2 Å². The molecule has 0 unspecified atom stereocenters. The van der Waals surface area contributed by atoms with Gasteiger partial charge in [0.15, 0.2) is 0 Å². The molecule has 1 aromatic carbocycles. The van der Waals surface area contributed by atoms with E-state index in [2.05, 4.69) is 4.98 Å². The molecule has 6 heteroatoms. The fraction of sp³-hybridized carbons (Fsp3) is 0. The highest BCUT2D eigenvalue weighted by Gasteiger charge is 2.21. The molecule has 19 heavy (non-hydrogen) atoms. The van der Waals surface area contributed by atoms with E-state index in [-0.39, 0.29) is 4.90 Å². The van der Waals surface area contributed by atoms with Gasteiger partial charge in [-0.05, 0) is 46.9 Å². The summed E-state index contributed by atoms with van der Waals surface area (Å²) in [6, 6.07) is 11.9. The Bertz CT molecular complexity index is 841. The third-order valence-electron chi connectivity index (χ3n) is 2.80. The third kappa shape index (κ3) is 2.04. The van der Waals surface area contributed by atoms with Gasteiger partial charge in [0.05, 0.1) is 14.1 Å². The Hall–Kier alpha value is -1.41. The van der Waals surface area contributed by atoms with Crippen molar-refractivity contribution in [3.63, 3.8) is 0 Å². The maximum Gasteiger partial charge on any atom is 0.269 e. The van der Waals surface area contributed by atoms with Crippen LogP contribution in [0.4, 0.5) is 0 Å². The van der Waals surface area contributed by atoms with Crippen molar-refractivity contribution >= 4 is 43.5 Å². The molecule has 2 heterocycles. The first-order chi connectivity index (χ1) is 9.10. The lowest BCUT2D eigenvalue weighted by molar-refractivity contribution is 0.588. The van der Waals surface area contributed by atoms with Crippen molar-refractivity contribution in [3.05, 3.63) is 58.6 Å². The van der Waals surface area contributed by atoms with Gasteiger partial charge in [-0.2, -0.15) is 0 Å². The lowest BCUT2D eigenvalue weighted by Gasteiger charge is -2.08. The van der Waals surface area contributed by atoms with E-state index in [0.29, 0.717) is 9.22 Å². The molecule has 0 aliphatic heterocycles. The van der Waals surface area contributed by atoms with E-state index >= 15 is 0 Å². The molecule has 0 spiro atoms. The minimum Gasteiger partial charge on any atom is -0.264 e. The highest BCUT2D eigenvalue weighted by atomic mass is 127. The summed E-state index contributed by atoms with van der Waals surface area (Å²) in [6.07, 6.45) is 3.25. The van der Waals surface area contributed by atoms with Gasteiger partial charge < -0.3 is 0 Å². The zero-order valence-electron chi connectivity index (χ0n) is 9.69. The van der Waals surface area contributed by atoms with Gasteiger partial charge in [-0.25, -0.2) is 12.4 Å². The summed E-state index contributed by atoms with van der Waals surface area (Å²) in [6.45, 7) is 0. The van der Waals surface area contributed by atoms with E-state index in [0.717, 1.165) is 5.39 Å². The molecule has 96 valence electrons. The quantitative estimate of drug-likeness (QED) is 0.639. The average Bonchev–Trinajstić information content (AvgIpc) is 2.76. The van der Waals surface area contributed by atoms with Crippen molar-refractivity contribution in [2.45, 2.75) is 4.90 Å². The van der Waals surface area contributed by atoms with Crippen LogP contribution in [0.3, 0.4) is 0 Å². The SMILES string of the molecule is O=S(=O)(c1ccccc1)n1c(I)cc2cnccc21. The molecule has 0 aliphatic rings. The van der Waals surface area contributed by atoms with Crippen LogP contribution in [0, 0.1) is 3.70 Å². The van der Waals surface area contributed by atoms with Crippen LogP contribution in [-0.4, -0.2) is 17.4 Å². The maximum absolute atomic E-state index is 12.7. The average molecular weight is 384 g/mol. The smallest absolute Gasteiger partial charge is 0.264 e. The van der Waals surface area contributed by atoms with Crippen molar-refractivity contribution in [2.75, 3.05) is 0 Å². The van der Waals surface area contributed by atoms with Crippen LogP contribution < -0.4 is 0 Å². The van der Waals surface area contributed by atoms with Gasteiger partial charge in [-0.3, -0.25) is 4.98 Å². The van der Waals surface area contributed by atoms with Gasteiger partial charge in [0.1, 0.15) is 0 Å². The minimum absolute atomic E-state index is 0.280. The van der Waals surface area contributed by atoms with Gasteiger partial charge in [0, 0.05) is 17.8 Å². The van der Waals surface area contributed by atoms with Crippen LogP contribution in [0.1, 0.15) is 0 Å². The van der Waals surface area contributed by atoms with E-state index < -0.39 is 10.0 Å². The van der Waals surface area contributed by atoms with E-state index in [9.17, 15) is 8.42 Å². The molecular formula is C13H9IN2O2S. The number of aromatic nitrogens is 2. The van der Waals surface area contributed by atoms with Crippen LogP contribution >= 0.6 is 22.6 Å². The minimum atomic E-state index is -3.57. The fourth-order valence-corrected chi connectivity index (χ4v) is 4.73. The molecule has 0 aliphatic carbocycles. The molecule has 0 amide bonds. The van der Waals surface area contributed by atoms with Crippen molar-refractivity contribution in [1.29, 1.82) is 0 Å². The number of halogens is 1. The molecule has 0 N–H and O–H groups in total. The Balaban J connectivity index is 2.34. The predicted octanol–water partition coefficient (Wildman–Crippen LogP) is 2.88. The Kier molecular flexibility index (Phi) is 3.06. The monoisotopic (exact) mass is 384 g/mol. The summed E-state index contributed by atoms with van der Waals surface area (Å²) in [7, 11) is -3.57. The Morgan fingerprint density at radius 2 is 1.84 bits per heavy atom. The highest BCUT2D eigenvalue weighted by Crippen LogP contribution is 2.25. The second-order valence-corrected chi connectivity index (χ2v) is 6.88. The van der Waals surface area contributed by atoms with Gasteiger partial charge >= 0.3 is 0 Å². The van der Waals surface area contributed by atoms with Gasteiger partial charge in [-0.15, -0.1) is 0 Å². The lowest BCUT2D eigenvalue weighted by atomic mass is 10.3. The number of pyridine rings is 1. The maximum atomic E-state index is 12.7. The Labute approximate surface area is 124 Å². The summed E-state index contributed by atoms with van der Waals surface area (Å²) < 4.78 is 27.3. The van der Waals surface area contributed by atoms with E-state index in [1.165, 1.54) is 3.97 Å².